The van der Waals surface area contributed by atoms with E-state index in [0.717, 1.165) is 22.4 Å². The molecule has 0 fully saturated rings. The molecule has 0 aliphatic rings. The van der Waals surface area contributed by atoms with Crippen LogP contribution in [0, 0.1) is 6.92 Å². The van der Waals surface area contributed by atoms with Gasteiger partial charge in [0.15, 0.2) is 6.61 Å². The van der Waals surface area contributed by atoms with Crippen molar-refractivity contribution in [3.63, 3.8) is 0 Å². The van der Waals surface area contributed by atoms with Crippen LogP contribution in [-0.4, -0.2) is 35.2 Å². The van der Waals surface area contributed by atoms with Crippen LogP contribution in [-0.2, 0) is 20.9 Å². The molecule has 3 aromatic rings. The normalized spacial score (nSPS) is 11.8. The van der Waals surface area contributed by atoms with Gasteiger partial charge in [-0.15, -0.1) is 0 Å². The molecule has 8 nitrogen and oxygen atoms in total. The van der Waals surface area contributed by atoms with Crippen LogP contribution in [0.4, 0.5) is 0 Å². The summed E-state index contributed by atoms with van der Waals surface area (Å²) in [5.41, 5.74) is 2.75. The predicted molar refractivity (Wildman–Crippen MR) is 114 cm³/mol. The summed E-state index contributed by atoms with van der Waals surface area (Å²) in [7, 11) is 1.58. The van der Waals surface area contributed by atoms with Crippen LogP contribution in [0.1, 0.15) is 23.9 Å². The number of amides is 1. The number of methoxy groups -OCH3 is 1. The van der Waals surface area contributed by atoms with E-state index in [2.05, 4.69) is 15.5 Å². The highest BCUT2D eigenvalue weighted by Crippen LogP contribution is 2.16. The van der Waals surface area contributed by atoms with Crippen LogP contribution < -0.4 is 10.1 Å². The van der Waals surface area contributed by atoms with Gasteiger partial charge in [-0.1, -0.05) is 47.1 Å². The number of hydrogen-bond donors (Lipinski definition) is 1. The van der Waals surface area contributed by atoms with Crippen LogP contribution in [0.5, 0.6) is 5.75 Å². The average Bonchev–Trinajstić information content (AvgIpc) is 3.26. The Morgan fingerprint density at radius 3 is 2.52 bits per heavy atom. The molecular weight excluding hydrogens is 398 g/mol. The predicted octanol–water partition coefficient (Wildman–Crippen LogP) is 3.31. The molecular formula is C23H23N3O5. The molecule has 0 aliphatic carbocycles. The molecule has 0 radical (unpaired) electrons. The number of aryl methyl sites for hydroxylation is 1. The highest BCUT2D eigenvalue weighted by Gasteiger charge is 2.18. The zero-order chi connectivity index (χ0) is 22.2. The Bertz CT molecular complexity index is 1060. The van der Waals surface area contributed by atoms with Crippen molar-refractivity contribution in [1.29, 1.82) is 0 Å². The smallest absolute Gasteiger partial charge is 0.328 e. The number of ether oxygens (including phenoxy) is 2. The number of carbonyl (C=O) groups is 2. The van der Waals surface area contributed by atoms with Crippen molar-refractivity contribution in [2.24, 2.45) is 0 Å². The monoisotopic (exact) mass is 421 g/mol. The molecule has 31 heavy (non-hydrogen) atoms. The highest BCUT2D eigenvalue weighted by atomic mass is 16.6. The van der Waals surface area contributed by atoms with Crippen LogP contribution >= 0.6 is 0 Å². The van der Waals surface area contributed by atoms with Gasteiger partial charge in [0, 0.05) is 11.6 Å². The zero-order valence-corrected chi connectivity index (χ0v) is 17.5. The molecule has 160 valence electrons. The molecule has 2 aromatic carbocycles. The van der Waals surface area contributed by atoms with Gasteiger partial charge in [0.25, 0.3) is 5.89 Å². The van der Waals surface area contributed by atoms with E-state index in [1.807, 2.05) is 43.3 Å². The van der Waals surface area contributed by atoms with Crippen LogP contribution in [0.15, 0.2) is 59.1 Å². The lowest BCUT2D eigenvalue weighted by Gasteiger charge is -2.10. The molecule has 1 heterocycles. The number of rotatable bonds is 8. The minimum atomic E-state index is -0.840. The second-order valence-electron chi connectivity index (χ2n) is 6.82. The maximum atomic E-state index is 12.1. The van der Waals surface area contributed by atoms with E-state index in [1.165, 1.54) is 13.0 Å². The summed E-state index contributed by atoms with van der Waals surface area (Å²) in [6, 6.07) is 14.0. The van der Waals surface area contributed by atoms with Gasteiger partial charge in [-0.2, -0.15) is 4.98 Å². The Morgan fingerprint density at radius 2 is 1.84 bits per heavy atom. The first-order valence-electron chi connectivity index (χ1n) is 9.63. The topological polar surface area (TPSA) is 104 Å². The van der Waals surface area contributed by atoms with E-state index >= 15 is 0 Å². The van der Waals surface area contributed by atoms with Gasteiger partial charge in [-0.05, 0) is 37.6 Å². The second-order valence-corrected chi connectivity index (χ2v) is 6.82. The zero-order valence-electron chi connectivity index (χ0n) is 17.5. The average molecular weight is 421 g/mol. The van der Waals surface area contributed by atoms with Crippen LogP contribution in [0.2, 0.25) is 0 Å². The fourth-order valence-corrected chi connectivity index (χ4v) is 2.60. The molecule has 0 saturated carbocycles. The fourth-order valence-electron chi connectivity index (χ4n) is 2.60. The largest absolute Gasteiger partial charge is 0.497 e. The number of nitrogens with one attached hydrogen (secondary N) is 1. The maximum Gasteiger partial charge on any atom is 0.328 e. The van der Waals surface area contributed by atoms with Crippen LogP contribution in [0.3, 0.4) is 0 Å². The lowest BCUT2D eigenvalue weighted by atomic mass is 10.1. The minimum Gasteiger partial charge on any atom is -0.497 e. The van der Waals surface area contributed by atoms with E-state index in [-0.39, 0.29) is 12.5 Å². The maximum absolute atomic E-state index is 12.1. The number of benzene rings is 2. The highest BCUT2D eigenvalue weighted by molar-refractivity contribution is 5.94. The molecule has 1 atom stereocenters. The van der Waals surface area contributed by atoms with Gasteiger partial charge in [-0.3, -0.25) is 4.79 Å². The summed E-state index contributed by atoms with van der Waals surface area (Å²) >= 11 is 0. The molecule has 1 aromatic heterocycles. The van der Waals surface area contributed by atoms with Crippen molar-refractivity contribution < 1.29 is 23.6 Å². The number of carbonyl (C=O) groups excluding carboxylic acids is 2. The second kappa shape index (κ2) is 10.2. The Morgan fingerprint density at radius 1 is 1.13 bits per heavy atom. The van der Waals surface area contributed by atoms with Crippen molar-refractivity contribution in [3.05, 3.63) is 71.6 Å². The lowest BCUT2D eigenvalue weighted by Crippen LogP contribution is -2.38. The van der Waals surface area contributed by atoms with Gasteiger partial charge in [0.05, 0.1) is 7.11 Å². The van der Waals surface area contributed by atoms with E-state index in [9.17, 15) is 9.59 Å². The molecule has 0 bridgehead atoms. The van der Waals surface area contributed by atoms with E-state index in [4.69, 9.17) is 14.0 Å². The van der Waals surface area contributed by atoms with Gasteiger partial charge >= 0.3 is 5.97 Å². The van der Waals surface area contributed by atoms with Crippen molar-refractivity contribution in [3.8, 4) is 17.1 Å². The van der Waals surface area contributed by atoms with Gasteiger partial charge in [0.1, 0.15) is 11.8 Å². The minimum absolute atomic E-state index is 0.168. The molecule has 3 rings (SSSR count). The van der Waals surface area contributed by atoms with Gasteiger partial charge in [-0.25, -0.2) is 4.79 Å². The molecule has 0 saturated heterocycles. The van der Waals surface area contributed by atoms with Crippen molar-refractivity contribution in [2.75, 3.05) is 7.11 Å². The summed E-state index contributed by atoms with van der Waals surface area (Å²) in [5.74, 6) is 0.282. The third-order valence-electron chi connectivity index (χ3n) is 4.37. The summed E-state index contributed by atoms with van der Waals surface area (Å²) in [6.07, 6.45) is 2.98. The quantitative estimate of drug-likeness (QED) is 0.439. The SMILES string of the molecule is COc1ccc(C=CC(=O)N[C@@H](C)C(=O)OCc2nc(-c3ccc(C)cc3)no2)cc1. The summed E-state index contributed by atoms with van der Waals surface area (Å²) < 4.78 is 15.4. The Hall–Kier alpha value is -3.94. The van der Waals surface area contributed by atoms with Crippen LogP contribution in [0.25, 0.3) is 17.5 Å². The number of hydrogen-bond acceptors (Lipinski definition) is 7. The third-order valence-corrected chi connectivity index (χ3v) is 4.37. The van der Waals surface area contributed by atoms with Gasteiger partial charge < -0.3 is 19.3 Å². The molecule has 8 heteroatoms. The fraction of sp³-hybridized carbons (Fsp3) is 0.217. The van der Waals surface area contributed by atoms with Crippen molar-refractivity contribution in [1.82, 2.24) is 15.5 Å². The van der Waals surface area contributed by atoms with Crippen molar-refractivity contribution >= 4 is 18.0 Å². The molecule has 1 amide bonds. The summed E-state index contributed by atoms with van der Waals surface area (Å²) in [5, 5.41) is 6.44. The molecule has 0 aliphatic heterocycles. The third kappa shape index (κ3) is 6.27. The lowest BCUT2D eigenvalue weighted by molar-refractivity contribution is -0.149. The molecule has 0 spiro atoms. The standard InChI is InChI=1S/C23H23N3O5/c1-15-4-9-18(10-5-15)22-25-21(31-26-22)14-30-23(28)16(2)24-20(27)13-8-17-6-11-19(29-3)12-7-17/h4-13,16H,14H2,1-3H3,(H,24,27)/t16-/m0/s1. The summed E-state index contributed by atoms with van der Waals surface area (Å²) in [6.45, 7) is 3.34. The Balaban J connectivity index is 1.47. The summed E-state index contributed by atoms with van der Waals surface area (Å²) in [4.78, 5) is 28.4. The van der Waals surface area contributed by atoms with E-state index in [0.29, 0.717) is 5.82 Å². The first-order valence-corrected chi connectivity index (χ1v) is 9.63. The Labute approximate surface area is 179 Å². The Kier molecular flexibility index (Phi) is 7.16. The van der Waals surface area contributed by atoms with E-state index < -0.39 is 17.9 Å². The number of nitrogens with zero attached hydrogens (tertiary/aromatic N) is 2. The van der Waals surface area contributed by atoms with E-state index in [1.54, 1.807) is 25.3 Å². The first kappa shape index (κ1) is 21.8. The number of esters is 1. The van der Waals surface area contributed by atoms with Crippen molar-refractivity contribution in [2.45, 2.75) is 26.5 Å². The number of aromatic nitrogens is 2. The van der Waals surface area contributed by atoms with Gasteiger partial charge in [0.2, 0.25) is 11.7 Å². The molecule has 0 unspecified atom stereocenters. The molecule has 1 N–H and O–H groups in total. The first-order chi connectivity index (χ1) is 14.9.